The molecule has 0 aliphatic heterocycles. The van der Waals surface area contributed by atoms with Crippen LogP contribution in [-0.4, -0.2) is 5.84 Å². The van der Waals surface area contributed by atoms with E-state index < -0.39 is 0 Å². The van der Waals surface area contributed by atoms with E-state index in [-0.39, 0.29) is 18.2 Å². The van der Waals surface area contributed by atoms with Gasteiger partial charge in [0.2, 0.25) is 0 Å². The summed E-state index contributed by atoms with van der Waals surface area (Å²) in [6, 6.07) is 21.3. The van der Waals surface area contributed by atoms with Gasteiger partial charge >= 0.3 is 0 Å². The second-order valence-electron chi connectivity index (χ2n) is 4.52. The molecule has 2 aromatic carbocycles. The monoisotopic (exact) mass is 298 g/mol. The Morgan fingerprint density at radius 3 is 2.10 bits per heavy atom. The number of nitrogens with one attached hydrogen (secondary N) is 1. The minimum Gasteiger partial charge on any atom is -0.456 e. The zero-order chi connectivity index (χ0) is 13.9. The highest BCUT2D eigenvalue weighted by Gasteiger charge is 2.07. The number of hydrogen-bond donors (Lipinski definition) is 2. The van der Waals surface area contributed by atoms with Crippen LogP contribution < -0.4 is 5.73 Å². The van der Waals surface area contributed by atoms with E-state index in [2.05, 4.69) is 0 Å². The summed E-state index contributed by atoms with van der Waals surface area (Å²) in [4.78, 5) is 0. The van der Waals surface area contributed by atoms with Crippen LogP contribution in [0, 0.1) is 5.41 Å². The Labute approximate surface area is 129 Å². The number of hydrogen-bond acceptors (Lipinski definition) is 2. The third-order valence-electron chi connectivity index (χ3n) is 3.12. The molecule has 0 atom stereocenters. The number of benzene rings is 2. The quantitative estimate of drug-likeness (QED) is 0.559. The van der Waals surface area contributed by atoms with E-state index in [9.17, 15) is 0 Å². The normalized spacial score (nSPS) is 9.90. The van der Waals surface area contributed by atoms with Crippen molar-refractivity contribution in [3.63, 3.8) is 0 Å². The molecule has 0 aliphatic carbocycles. The summed E-state index contributed by atoms with van der Waals surface area (Å²) in [6.45, 7) is 0. The van der Waals surface area contributed by atoms with Gasteiger partial charge in [-0.1, -0.05) is 48.5 Å². The van der Waals surface area contributed by atoms with Gasteiger partial charge in [-0.05, 0) is 18.2 Å². The van der Waals surface area contributed by atoms with Gasteiger partial charge in [-0.3, -0.25) is 5.41 Å². The van der Waals surface area contributed by atoms with Gasteiger partial charge in [-0.2, -0.15) is 0 Å². The van der Waals surface area contributed by atoms with Gasteiger partial charge in [0, 0.05) is 16.7 Å². The summed E-state index contributed by atoms with van der Waals surface area (Å²) in [6.07, 6.45) is 0. The zero-order valence-electron chi connectivity index (χ0n) is 11.2. The van der Waals surface area contributed by atoms with Gasteiger partial charge in [0.15, 0.2) is 0 Å². The maximum absolute atomic E-state index is 7.48. The molecule has 0 spiro atoms. The lowest BCUT2D eigenvalue weighted by molar-refractivity contribution is 0.597. The lowest BCUT2D eigenvalue weighted by Crippen LogP contribution is -2.10. The van der Waals surface area contributed by atoms with Crippen LogP contribution in [0.4, 0.5) is 0 Å². The maximum Gasteiger partial charge on any atom is 0.134 e. The van der Waals surface area contributed by atoms with E-state index in [1.165, 1.54) is 0 Å². The first-order valence-electron chi connectivity index (χ1n) is 6.34. The van der Waals surface area contributed by atoms with Crippen molar-refractivity contribution in [2.45, 2.75) is 0 Å². The molecule has 0 unspecified atom stereocenters. The Morgan fingerprint density at radius 1 is 0.810 bits per heavy atom. The van der Waals surface area contributed by atoms with E-state index in [4.69, 9.17) is 15.6 Å². The van der Waals surface area contributed by atoms with Gasteiger partial charge in [0.25, 0.3) is 0 Å². The summed E-state index contributed by atoms with van der Waals surface area (Å²) in [5.74, 6) is 1.66. The van der Waals surface area contributed by atoms with E-state index >= 15 is 0 Å². The Hall–Kier alpha value is -2.52. The summed E-state index contributed by atoms with van der Waals surface area (Å²) in [5, 5.41) is 7.48. The first-order valence-corrected chi connectivity index (χ1v) is 6.34. The van der Waals surface area contributed by atoms with Gasteiger partial charge < -0.3 is 10.2 Å². The molecular weight excluding hydrogens is 284 g/mol. The smallest absolute Gasteiger partial charge is 0.134 e. The van der Waals surface area contributed by atoms with Crippen LogP contribution in [-0.2, 0) is 0 Å². The average Bonchev–Trinajstić information content (AvgIpc) is 2.98. The second-order valence-corrected chi connectivity index (χ2v) is 4.52. The maximum atomic E-state index is 7.48. The fraction of sp³-hybridized carbons (Fsp3) is 0. The van der Waals surface area contributed by atoms with Gasteiger partial charge in [-0.15, -0.1) is 12.4 Å². The Balaban J connectivity index is 0.00000161. The van der Waals surface area contributed by atoms with Crippen molar-refractivity contribution in [3.8, 4) is 22.6 Å². The van der Waals surface area contributed by atoms with Crippen molar-refractivity contribution in [2.24, 2.45) is 5.73 Å². The van der Waals surface area contributed by atoms with Crippen molar-refractivity contribution in [1.29, 1.82) is 5.41 Å². The zero-order valence-corrected chi connectivity index (χ0v) is 12.1. The minimum atomic E-state index is 0. The fourth-order valence-electron chi connectivity index (χ4n) is 2.09. The number of nitrogen functional groups attached to an aromatic ring is 1. The molecule has 0 radical (unpaired) electrons. The molecule has 3 aromatic rings. The summed E-state index contributed by atoms with van der Waals surface area (Å²) in [5.41, 5.74) is 8.16. The number of nitrogens with two attached hydrogens (primary N) is 1. The molecule has 4 heteroatoms. The Morgan fingerprint density at radius 2 is 1.43 bits per heavy atom. The highest BCUT2D eigenvalue weighted by Crippen LogP contribution is 2.28. The summed E-state index contributed by atoms with van der Waals surface area (Å²) >= 11 is 0. The molecule has 1 aromatic heterocycles. The van der Waals surface area contributed by atoms with Gasteiger partial charge in [0.05, 0.1) is 0 Å². The fourth-order valence-corrected chi connectivity index (χ4v) is 2.09. The molecule has 0 amide bonds. The second kappa shape index (κ2) is 6.29. The van der Waals surface area contributed by atoms with Crippen molar-refractivity contribution < 1.29 is 4.42 Å². The van der Waals surface area contributed by atoms with Crippen molar-refractivity contribution in [2.75, 3.05) is 0 Å². The summed E-state index contributed by atoms with van der Waals surface area (Å²) < 4.78 is 5.88. The van der Waals surface area contributed by atoms with E-state index in [0.717, 1.165) is 22.6 Å². The molecule has 0 fully saturated rings. The van der Waals surface area contributed by atoms with Crippen LogP contribution in [0.15, 0.2) is 71.1 Å². The summed E-state index contributed by atoms with van der Waals surface area (Å²) in [7, 11) is 0. The first-order chi connectivity index (χ1) is 9.74. The minimum absolute atomic E-state index is 0. The van der Waals surface area contributed by atoms with Gasteiger partial charge in [-0.25, -0.2) is 0 Å². The molecular formula is C17H15ClN2O. The average molecular weight is 299 g/mol. The highest BCUT2D eigenvalue weighted by molar-refractivity contribution is 5.96. The molecule has 0 saturated carbocycles. The molecule has 0 aliphatic rings. The molecule has 3 rings (SSSR count). The molecule has 21 heavy (non-hydrogen) atoms. The van der Waals surface area contributed by atoms with Crippen LogP contribution in [0.2, 0.25) is 0 Å². The lowest BCUT2D eigenvalue weighted by atomic mass is 10.1. The first kappa shape index (κ1) is 14.9. The third-order valence-corrected chi connectivity index (χ3v) is 3.12. The number of rotatable bonds is 3. The van der Waals surface area contributed by atoms with Crippen LogP contribution in [0.1, 0.15) is 5.56 Å². The van der Waals surface area contributed by atoms with Crippen molar-refractivity contribution in [1.82, 2.24) is 0 Å². The predicted molar refractivity (Wildman–Crippen MR) is 87.8 cm³/mol. The molecule has 106 valence electrons. The molecule has 1 heterocycles. The largest absolute Gasteiger partial charge is 0.456 e. The molecule has 0 bridgehead atoms. The third kappa shape index (κ3) is 3.15. The van der Waals surface area contributed by atoms with Gasteiger partial charge in [0.1, 0.15) is 17.4 Å². The number of halogens is 1. The highest BCUT2D eigenvalue weighted by atomic mass is 35.5. The topological polar surface area (TPSA) is 63.0 Å². The van der Waals surface area contributed by atoms with E-state index in [1.54, 1.807) is 0 Å². The predicted octanol–water partition coefficient (Wildman–Crippen LogP) is 4.32. The van der Waals surface area contributed by atoms with Crippen LogP contribution in [0.3, 0.4) is 0 Å². The molecule has 0 saturated heterocycles. The van der Waals surface area contributed by atoms with Crippen molar-refractivity contribution in [3.05, 3.63) is 72.3 Å². The van der Waals surface area contributed by atoms with Crippen LogP contribution in [0.25, 0.3) is 22.6 Å². The van der Waals surface area contributed by atoms with E-state index in [0.29, 0.717) is 5.56 Å². The standard InChI is InChI=1S/C17H14N2O.ClH/c18-17(19)14-8-4-7-13(11-14)16-10-9-15(20-16)12-5-2-1-3-6-12;/h1-11H,(H3,18,19);1H. The Bertz CT molecular complexity index is 750. The van der Waals surface area contributed by atoms with E-state index in [1.807, 2.05) is 66.7 Å². The molecule has 3 N–H and O–H groups in total. The number of amidine groups is 1. The lowest BCUT2D eigenvalue weighted by Gasteiger charge is -2.01. The van der Waals surface area contributed by atoms with Crippen LogP contribution >= 0.6 is 12.4 Å². The number of furan rings is 1. The SMILES string of the molecule is Cl.N=C(N)c1cccc(-c2ccc(-c3ccccc3)o2)c1. The van der Waals surface area contributed by atoms with Crippen LogP contribution in [0.5, 0.6) is 0 Å². The molecule has 3 nitrogen and oxygen atoms in total. The van der Waals surface area contributed by atoms with Crippen molar-refractivity contribution >= 4 is 18.2 Å². The Kier molecular flexibility index (Phi) is 4.45.